The van der Waals surface area contributed by atoms with Crippen LogP contribution in [0.3, 0.4) is 0 Å². The molecule has 0 N–H and O–H groups in total. The molecule has 1 aromatic heterocycles. The molecule has 0 unspecified atom stereocenters. The second kappa shape index (κ2) is 10.3. The molecule has 10 heteroatoms. The summed E-state index contributed by atoms with van der Waals surface area (Å²) in [6.45, 7) is 4.03. The first kappa shape index (κ1) is 25.4. The fourth-order valence-corrected chi connectivity index (χ4v) is 6.37. The molecular weight excluding hydrogens is 506 g/mol. The Hall–Kier alpha value is -3.21. The quantitative estimate of drug-likeness (QED) is 0.448. The summed E-state index contributed by atoms with van der Waals surface area (Å²) in [6.07, 6.45) is 5.95. The molecule has 0 spiro atoms. The summed E-state index contributed by atoms with van der Waals surface area (Å²) in [5.41, 5.74) is 2.80. The number of rotatable bonds is 5. The van der Waals surface area contributed by atoms with E-state index in [4.69, 9.17) is 5.10 Å². The third kappa shape index (κ3) is 5.27. The van der Waals surface area contributed by atoms with E-state index in [0.29, 0.717) is 27.6 Å². The zero-order valence-electron chi connectivity index (χ0n) is 21.0. The third-order valence-electron chi connectivity index (χ3n) is 6.47. The number of hydrogen-bond acceptors (Lipinski definition) is 6. The molecule has 1 saturated heterocycles. The minimum absolute atomic E-state index is 0.180. The van der Waals surface area contributed by atoms with Gasteiger partial charge in [-0.3, -0.25) is 4.79 Å². The van der Waals surface area contributed by atoms with E-state index in [1.165, 1.54) is 36.6 Å². The van der Waals surface area contributed by atoms with Gasteiger partial charge in [0, 0.05) is 44.5 Å². The topological polar surface area (TPSA) is 87.9 Å². The molecule has 37 heavy (non-hydrogen) atoms. The molecule has 3 heterocycles. The summed E-state index contributed by atoms with van der Waals surface area (Å²) < 4.78 is 28.5. The number of hydrogen-bond donors (Lipinski definition) is 0. The van der Waals surface area contributed by atoms with Crippen molar-refractivity contribution >= 4 is 38.9 Å². The van der Waals surface area contributed by atoms with Crippen LogP contribution in [-0.4, -0.2) is 65.7 Å². The highest BCUT2D eigenvalue weighted by Gasteiger charge is 2.29. The third-order valence-corrected chi connectivity index (χ3v) is 9.33. The number of sulfonamides is 1. The van der Waals surface area contributed by atoms with Crippen molar-refractivity contribution in [3.8, 4) is 16.9 Å². The second-order valence-electron chi connectivity index (χ2n) is 9.53. The molecule has 2 aromatic carbocycles. The molecule has 192 valence electrons. The molecule has 0 aliphatic carbocycles. The van der Waals surface area contributed by atoms with Gasteiger partial charge in [-0.15, -0.1) is 0 Å². The lowest BCUT2D eigenvalue weighted by molar-refractivity contribution is -0.113. The number of piperidine rings is 1. The first-order valence-corrected chi connectivity index (χ1v) is 14.4. The zero-order valence-corrected chi connectivity index (χ0v) is 22.7. The Morgan fingerprint density at radius 1 is 1.11 bits per heavy atom. The number of benzene rings is 2. The Bertz CT molecular complexity index is 1490. The lowest BCUT2D eigenvalue weighted by atomic mass is 10.0. The maximum Gasteiger partial charge on any atom is 0.286 e. The molecular formula is C27H29N5O3S2. The van der Waals surface area contributed by atoms with Crippen molar-refractivity contribution in [2.45, 2.75) is 24.7 Å². The fourth-order valence-electron chi connectivity index (χ4n) is 4.48. The predicted molar refractivity (Wildman–Crippen MR) is 148 cm³/mol. The highest BCUT2D eigenvalue weighted by Crippen LogP contribution is 2.35. The predicted octanol–water partition coefficient (Wildman–Crippen LogP) is 4.49. The molecule has 1 amide bonds. The van der Waals surface area contributed by atoms with Gasteiger partial charge < -0.3 is 4.90 Å². The van der Waals surface area contributed by atoms with Crippen LogP contribution in [0.15, 0.2) is 75.6 Å². The van der Waals surface area contributed by atoms with Crippen LogP contribution in [0.4, 0.5) is 0 Å². The summed E-state index contributed by atoms with van der Waals surface area (Å²) in [4.78, 5) is 20.1. The lowest BCUT2D eigenvalue weighted by Gasteiger charge is -2.31. The van der Waals surface area contributed by atoms with E-state index < -0.39 is 10.0 Å². The molecule has 1 atom stereocenters. The van der Waals surface area contributed by atoms with E-state index in [9.17, 15) is 13.2 Å². The van der Waals surface area contributed by atoms with Crippen LogP contribution < -0.4 is 0 Å². The van der Waals surface area contributed by atoms with Gasteiger partial charge in [-0.1, -0.05) is 37.3 Å². The minimum Gasteiger partial charge on any atom is -0.351 e. The van der Waals surface area contributed by atoms with Crippen molar-refractivity contribution in [3.05, 3.63) is 71.3 Å². The Labute approximate surface area is 221 Å². The van der Waals surface area contributed by atoms with Gasteiger partial charge in [-0.25, -0.2) is 17.4 Å². The van der Waals surface area contributed by atoms with Crippen LogP contribution in [-0.2, 0) is 14.8 Å². The number of para-hydroxylation sites is 1. The van der Waals surface area contributed by atoms with Crippen LogP contribution in [0.5, 0.6) is 0 Å². The van der Waals surface area contributed by atoms with Crippen LogP contribution in [0, 0.1) is 5.92 Å². The van der Waals surface area contributed by atoms with E-state index in [0.717, 1.165) is 30.4 Å². The van der Waals surface area contributed by atoms with Gasteiger partial charge in [0.15, 0.2) is 5.17 Å². The molecule has 0 saturated carbocycles. The SMILES string of the molecule is C[C@H]1CCCN(C2=NC(=O)/C(=C/c3cn(-c4ccccc4)nc3-c3cccc(S(=O)(=O)N(C)C)c3)S2)C1. The lowest BCUT2D eigenvalue weighted by Crippen LogP contribution is -2.37. The largest absolute Gasteiger partial charge is 0.351 e. The number of amides is 1. The molecule has 1 fully saturated rings. The van der Waals surface area contributed by atoms with Crippen molar-refractivity contribution in [2.75, 3.05) is 27.2 Å². The second-order valence-corrected chi connectivity index (χ2v) is 12.7. The highest BCUT2D eigenvalue weighted by molar-refractivity contribution is 8.18. The fraction of sp³-hybridized carbons (Fsp3) is 0.296. The van der Waals surface area contributed by atoms with Gasteiger partial charge in [-0.05, 0) is 60.9 Å². The molecule has 2 aliphatic rings. The summed E-state index contributed by atoms with van der Waals surface area (Å²) in [5, 5.41) is 5.55. The number of aliphatic imine (C=N–C) groups is 1. The first-order valence-electron chi connectivity index (χ1n) is 12.2. The van der Waals surface area contributed by atoms with Crippen molar-refractivity contribution in [1.29, 1.82) is 0 Å². The van der Waals surface area contributed by atoms with E-state index in [-0.39, 0.29) is 10.8 Å². The van der Waals surface area contributed by atoms with Gasteiger partial charge in [0.1, 0.15) is 5.69 Å². The average Bonchev–Trinajstić information content (AvgIpc) is 3.48. The summed E-state index contributed by atoms with van der Waals surface area (Å²) in [5.74, 6) is 0.308. The van der Waals surface area contributed by atoms with Crippen LogP contribution in [0.1, 0.15) is 25.3 Å². The van der Waals surface area contributed by atoms with Crippen LogP contribution >= 0.6 is 11.8 Å². The molecule has 8 nitrogen and oxygen atoms in total. The number of thioether (sulfide) groups is 1. The maximum absolute atomic E-state index is 12.9. The van der Waals surface area contributed by atoms with Gasteiger partial charge in [0.25, 0.3) is 5.91 Å². The first-order chi connectivity index (χ1) is 17.7. The summed E-state index contributed by atoms with van der Waals surface area (Å²) in [7, 11) is -0.609. The smallest absolute Gasteiger partial charge is 0.286 e. The number of likely N-dealkylation sites (tertiary alicyclic amines) is 1. The number of carbonyl (C=O) groups is 1. The van der Waals surface area contributed by atoms with Crippen molar-refractivity contribution in [3.63, 3.8) is 0 Å². The van der Waals surface area contributed by atoms with E-state index in [1.807, 2.05) is 48.7 Å². The van der Waals surface area contributed by atoms with E-state index in [1.54, 1.807) is 22.9 Å². The number of amidine groups is 1. The zero-order chi connectivity index (χ0) is 26.2. The monoisotopic (exact) mass is 535 g/mol. The highest BCUT2D eigenvalue weighted by atomic mass is 32.2. The van der Waals surface area contributed by atoms with Gasteiger partial charge >= 0.3 is 0 Å². The molecule has 0 bridgehead atoms. The van der Waals surface area contributed by atoms with Crippen LogP contribution in [0.2, 0.25) is 0 Å². The van der Waals surface area contributed by atoms with Crippen molar-refractivity contribution < 1.29 is 13.2 Å². The molecule has 5 rings (SSSR count). The Balaban J connectivity index is 1.55. The Morgan fingerprint density at radius 3 is 2.62 bits per heavy atom. The maximum atomic E-state index is 12.9. The van der Waals surface area contributed by atoms with E-state index >= 15 is 0 Å². The van der Waals surface area contributed by atoms with Crippen molar-refractivity contribution in [2.24, 2.45) is 10.9 Å². The number of carbonyl (C=O) groups excluding carboxylic acids is 1. The minimum atomic E-state index is -3.62. The number of aromatic nitrogens is 2. The summed E-state index contributed by atoms with van der Waals surface area (Å²) >= 11 is 1.39. The van der Waals surface area contributed by atoms with Crippen LogP contribution in [0.25, 0.3) is 23.0 Å². The normalized spacial score (nSPS) is 19.6. The Kier molecular flexibility index (Phi) is 7.06. The van der Waals surface area contributed by atoms with E-state index in [2.05, 4.69) is 16.8 Å². The Morgan fingerprint density at radius 2 is 1.89 bits per heavy atom. The number of nitrogens with zero attached hydrogens (tertiary/aromatic N) is 5. The molecule has 0 radical (unpaired) electrons. The van der Waals surface area contributed by atoms with Gasteiger partial charge in [0.2, 0.25) is 10.0 Å². The molecule has 3 aromatic rings. The average molecular weight is 536 g/mol. The van der Waals surface area contributed by atoms with Gasteiger partial charge in [-0.2, -0.15) is 10.1 Å². The summed E-state index contributed by atoms with van der Waals surface area (Å²) in [6, 6.07) is 16.4. The molecule has 2 aliphatic heterocycles. The van der Waals surface area contributed by atoms with Crippen molar-refractivity contribution in [1.82, 2.24) is 19.0 Å². The standard InChI is InChI=1S/C27H29N5O3S2/c1-19-9-8-14-31(17-19)27-28-26(33)24(36-27)16-21-18-32(22-11-5-4-6-12-22)29-25(21)20-10-7-13-23(15-20)37(34,35)30(2)3/h4-7,10-13,15-16,18-19H,8-9,14,17H2,1-3H3/b24-16-/t19-/m0/s1. The van der Waals surface area contributed by atoms with Gasteiger partial charge in [0.05, 0.1) is 15.5 Å².